The number of esters is 1. The zero-order chi connectivity index (χ0) is 21.6. The van der Waals surface area contributed by atoms with E-state index in [1.165, 1.54) is 77.0 Å². The number of hydrogen-bond acceptors (Lipinski definition) is 6. The first-order valence-electron chi connectivity index (χ1n) is 13.1. The fraction of sp³-hybridized carbons (Fsp3) is 0.960. The number of unbranched alkanes of at least 4 members (excludes halogenated alkanes) is 14. The Balaban J connectivity index is 0.824. The first kappa shape index (κ1) is 23.5. The Morgan fingerprint density at radius 3 is 1.84 bits per heavy atom. The zero-order valence-corrected chi connectivity index (χ0v) is 19.5. The highest BCUT2D eigenvalue weighted by molar-refractivity contribution is 5.69. The van der Waals surface area contributed by atoms with Crippen LogP contribution in [-0.4, -0.2) is 36.2 Å². The average molecular weight is 439 g/mol. The predicted octanol–water partition coefficient (Wildman–Crippen LogP) is 6.11. The van der Waals surface area contributed by atoms with Crippen LogP contribution in [0.25, 0.3) is 0 Å². The van der Waals surface area contributed by atoms with Gasteiger partial charge >= 0.3 is 17.7 Å². The summed E-state index contributed by atoms with van der Waals surface area (Å²) in [7, 11) is 0. The maximum absolute atomic E-state index is 11.6. The van der Waals surface area contributed by atoms with Gasteiger partial charge in [-0.15, -0.1) is 0 Å². The zero-order valence-electron chi connectivity index (χ0n) is 19.5. The summed E-state index contributed by atoms with van der Waals surface area (Å²) < 4.78 is 27.2. The molecule has 0 aliphatic carbocycles. The van der Waals surface area contributed by atoms with Gasteiger partial charge in [-0.3, -0.25) is 19.0 Å². The Morgan fingerprint density at radius 1 is 0.742 bits per heavy atom. The van der Waals surface area contributed by atoms with E-state index in [0.29, 0.717) is 13.0 Å². The van der Waals surface area contributed by atoms with Crippen molar-refractivity contribution in [3.05, 3.63) is 0 Å². The van der Waals surface area contributed by atoms with Crippen molar-refractivity contribution in [2.24, 2.45) is 0 Å². The van der Waals surface area contributed by atoms with Gasteiger partial charge in [-0.2, -0.15) is 0 Å². The van der Waals surface area contributed by atoms with E-state index >= 15 is 0 Å². The molecule has 4 aliphatic rings. The van der Waals surface area contributed by atoms with E-state index in [9.17, 15) is 4.79 Å². The van der Waals surface area contributed by atoms with Gasteiger partial charge in [0.25, 0.3) is 5.79 Å². The van der Waals surface area contributed by atoms with Crippen LogP contribution in [0, 0.1) is 0 Å². The molecule has 0 amide bonds. The monoisotopic (exact) mass is 438 g/mol. The van der Waals surface area contributed by atoms with Gasteiger partial charge in [0.15, 0.2) is 0 Å². The highest BCUT2D eigenvalue weighted by atomic mass is 17.2. The maximum atomic E-state index is 11.6. The molecule has 0 saturated carbocycles. The maximum Gasteiger partial charge on any atom is 0.355 e. The van der Waals surface area contributed by atoms with Crippen molar-refractivity contribution in [2.45, 2.75) is 146 Å². The molecule has 0 aromatic heterocycles. The molecular formula is C25H42O6. The number of carbonyl (C=O) groups excluding carboxylic acids is 1. The lowest BCUT2D eigenvalue weighted by molar-refractivity contribution is -0.166. The van der Waals surface area contributed by atoms with Crippen molar-refractivity contribution in [3.63, 3.8) is 0 Å². The summed E-state index contributed by atoms with van der Waals surface area (Å²) in [5, 5.41) is 0. The molecule has 0 N–H and O–H groups in total. The summed E-state index contributed by atoms with van der Waals surface area (Å²) in [5.41, 5.74) is 0. The third-order valence-corrected chi connectivity index (χ3v) is 7.16. The van der Waals surface area contributed by atoms with Crippen LogP contribution in [0.2, 0.25) is 0 Å². The van der Waals surface area contributed by atoms with E-state index in [0.717, 1.165) is 32.1 Å². The molecule has 1 spiro atoms. The molecule has 0 aromatic rings. The fourth-order valence-corrected chi connectivity index (χ4v) is 4.98. The molecule has 4 saturated heterocycles. The molecule has 4 rings (SSSR count). The SMILES string of the molecule is CCCCCOC(=O)CCCCCCCCCCCCCCCC1OC12OC13OC12O3. The van der Waals surface area contributed by atoms with Crippen molar-refractivity contribution in [1.29, 1.82) is 0 Å². The van der Waals surface area contributed by atoms with Gasteiger partial charge in [-0.25, -0.2) is 0 Å². The highest BCUT2D eigenvalue weighted by Crippen LogP contribution is 2.88. The van der Waals surface area contributed by atoms with Crippen LogP contribution in [0.5, 0.6) is 0 Å². The number of carbonyl (C=O) groups is 1. The Morgan fingerprint density at radius 2 is 1.32 bits per heavy atom. The third-order valence-electron chi connectivity index (χ3n) is 7.16. The van der Waals surface area contributed by atoms with Gasteiger partial charge in [0, 0.05) is 6.42 Å². The predicted molar refractivity (Wildman–Crippen MR) is 116 cm³/mol. The van der Waals surface area contributed by atoms with Crippen LogP contribution < -0.4 is 0 Å². The molecule has 2 atom stereocenters. The van der Waals surface area contributed by atoms with Crippen molar-refractivity contribution in [3.8, 4) is 0 Å². The molecule has 4 fully saturated rings. The van der Waals surface area contributed by atoms with Crippen LogP contribution in [0.4, 0.5) is 0 Å². The molecule has 178 valence electrons. The second-order valence-corrected chi connectivity index (χ2v) is 9.82. The fourth-order valence-electron chi connectivity index (χ4n) is 4.98. The van der Waals surface area contributed by atoms with Crippen molar-refractivity contribution in [1.82, 2.24) is 0 Å². The molecule has 31 heavy (non-hydrogen) atoms. The van der Waals surface area contributed by atoms with Crippen molar-refractivity contribution < 1.29 is 28.5 Å². The first-order valence-corrected chi connectivity index (χ1v) is 13.1. The molecule has 4 aliphatic heterocycles. The lowest BCUT2D eigenvalue weighted by atomic mass is 10.0. The lowest BCUT2D eigenvalue weighted by Gasteiger charge is -2.10. The topological polar surface area (TPSA) is 73.1 Å². The van der Waals surface area contributed by atoms with Gasteiger partial charge in [0.1, 0.15) is 6.10 Å². The summed E-state index contributed by atoms with van der Waals surface area (Å²) >= 11 is 0. The number of rotatable bonds is 20. The van der Waals surface area contributed by atoms with Gasteiger partial charge < -0.3 is 9.47 Å². The molecule has 2 unspecified atom stereocenters. The Hall–Kier alpha value is -0.690. The number of ether oxygens (including phenoxy) is 5. The van der Waals surface area contributed by atoms with Gasteiger partial charge in [-0.05, 0) is 19.3 Å². The number of hydrogen-bond donors (Lipinski definition) is 0. The molecule has 0 bridgehead atoms. The minimum atomic E-state index is -0.648. The molecule has 6 heteroatoms. The van der Waals surface area contributed by atoms with Crippen molar-refractivity contribution >= 4 is 5.97 Å². The Bertz CT molecular complexity index is 587. The summed E-state index contributed by atoms with van der Waals surface area (Å²) in [6.45, 7) is 2.76. The van der Waals surface area contributed by atoms with Crippen LogP contribution >= 0.6 is 0 Å². The second-order valence-electron chi connectivity index (χ2n) is 9.82. The quantitative estimate of drug-likeness (QED) is 0.130. The van der Waals surface area contributed by atoms with Crippen LogP contribution in [0.3, 0.4) is 0 Å². The largest absolute Gasteiger partial charge is 0.466 e. The van der Waals surface area contributed by atoms with E-state index in [1.54, 1.807) is 0 Å². The summed E-state index contributed by atoms with van der Waals surface area (Å²) in [6.07, 6.45) is 21.8. The smallest absolute Gasteiger partial charge is 0.355 e. The average Bonchev–Trinajstić information content (AvgIpc) is 3.65. The van der Waals surface area contributed by atoms with Crippen LogP contribution in [0.15, 0.2) is 0 Å². The summed E-state index contributed by atoms with van der Waals surface area (Å²) in [6, 6.07) is 0. The molecule has 4 heterocycles. The van der Waals surface area contributed by atoms with E-state index in [2.05, 4.69) is 6.92 Å². The van der Waals surface area contributed by atoms with Gasteiger partial charge in [0.05, 0.1) is 6.61 Å². The van der Waals surface area contributed by atoms with Crippen LogP contribution in [0.1, 0.15) is 122 Å². The first-order chi connectivity index (χ1) is 15.2. The highest BCUT2D eigenvalue weighted by Gasteiger charge is 3.16. The minimum absolute atomic E-state index is 0.00945. The summed E-state index contributed by atoms with van der Waals surface area (Å²) in [4.78, 5) is 11.6. The standard InChI is InChI=1S/C25H42O6/c1-2-3-17-20-27-22(26)19-16-14-12-10-8-6-4-5-7-9-11-13-15-18-21-23(28-21)24-25(29-23,30-24)31-24/h21H,2-20H2,1H3. The van der Waals surface area contributed by atoms with Crippen LogP contribution in [-0.2, 0) is 28.5 Å². The van der Waals surface area contributed by atoms with Crippen molar-refractivity contribution in [2.75, 3.05) is 6.61 Å². The van der Waals surface area contributed by atoms with E-state index in [-0.39, 0.29) is 12.1 Å². The van der Waals surface area contributed by atoms with E-state index in [1.807, 2.05) is 0 Å². The van der Waals surface area contributed by atoms with Gasteiger partial charge in [-0.1, -0.05) is 96.8 Å². The molecule has 0 aromatic carbocycles. The molecule has 0 radical (unpaired) electrons. The Kier molecular flexibility index (Phi) is 7.95. The third kappa shape index (κ3) is 5.29. The number of epoxide rings is 3. The minimum Gasteiger partial charge on any atom is -0.466 e. The Labute approximate surface area is 187 Å². The normalized spacial score (nSPS) is 33.5. The van der Waals surface area contributed by atoms with E-state index < -0.39 is 17.5 Å². The molecular weight excluding hydrogens is 396 g/mol. The molecule has 6 nitrogen and oxygen atoms in total. The lowest BCUT2D eigenvalue weighted by Crippen LogP contribution is -2.39. The summed E-state index contributed by atoms with van der Waals surface area (Å²) in [5.74, 6) is -1.63. The van der Waals surface area contributed by atoms with E-state index in [4.69, 9.17) is 23.7 Å². The van der Waals surface area contributed by atoms with Gasteiger partial charge in [0.2, 0.25) is 0 Å². The second kappa shape index (κ2) is 10.5.